The summed E-state index contributed by atoms with van der Waals surface area (Å²) in [7, 11) is 2.81. The summed E-state index contributed by atoms with van der Waals surface area (Å²) in [6.45, 7) is 11.2. The Labute approximate surface area is 323 Å². The van der Waals surface area contributed by atoms with Gasteiger partial charge in [0.15, 0.2) is 0 Å². The zero-order valence-corrected chi connectivity index (χ0v) is 33.4. The monoisotopic (exact) mass is 767 g/mol. The predicted octanol–water partition coefficient (Wildman–Crippen LogP) is 0.680. The van der Waals surface area contributed by atoms with Crippen LogP contribution in [0.15, 0.2) is 30.5 Å². The number of amides is 7. The summed E-state index contributed by atoms with van der Waals surface area (Å²) in [4.78, 5) is 103. The molecule has 7 amide bonds. The molecule has 6 atom stereocenters. The van der Waals surface area contributed by atoms with Gasteiger partial charge in [-0.15, -0.1) is 0 Å². The van der Waals surface area contributed by atoms with Crippen molar-refractivity contribution < 1.29 is 33.6 Å². The fraction of sp³-hybridized carbons (Fsp3) is 0.615. The third-order valence-electron chi connectivity index (χ3n) is 9.94. The van der Waals surface area contributed by atoms with Crippen LogP contribution in [-0.2, 0) is 40.0 Å². The molecule has 2 heterocycles. The number of para-hydroxylation sites is 1. The van der Waals surface area contributed by atoms with E-state index in [4.69, 9.17) is 11.5 Å². The van der Waals surface area contributed by atoms with Crippen molar-refractivity contribution in [3.63, 3.8) is 0 Å². The van der Waals surface area contributed by atoms with Gasteiger partial charge in [-0.1, -0.05) is 59.7 Å². The molecule has 0 radical (unpaired) electrons. The van der Waals surface area contributed by atoms with Crippen LogP contribution >= 0.6 is 0 Å². The van der Waals surface area contributed by atoms with E-state index in [0.29, 0.717) is 6.42 Å². The van der Waals surface area contributed by atoms with E-state index in [9.17, 15) is 33.6 Å². The van der Waals surface area contributed by atoms with Crippen LogP contribution in [0.5, 0.6) is 0 Å². The number of nitrogens with one attached hydrogen (secondary N) is 5. The van der Waals surface area contributed by atoms with Crippen molar-refractivity contribution in [1.29, 1.82) is 0 Å². The first-order valence-corrected chi connectivity index (χ1v) is 19.1. The van der Waals surface area contributed by atoms with Crippen LogP contribution in [0.2, 0.25) is 0 Å². The van der Waals surface area contributed by atoms with Gasteiger partial charge in [0.1, 0.15) is 36.3 Å². The minimum atomic E-state index is -1.45. The van der Waals surface area contributed by atoms with Gasteiger partial charge in [0, 0.05) is 37.6 Å². The lowest BCUT2D eigenvalue weighted by atomic mass is 9.96. The quantitative estimate of drug-likeness (QED) is 0.162. The van der Waals surface area contributed by atoms with E-state index in [-0.39, 0.29) is 44.1 Å². The summed E-state index contributed by atoms with van der Waals surface area (Å²) in [5, 5.41) is 12.0. The molecule has 9 N–H and O–H groups in total. The smallest absolute Gasteiger partial charge is 0.245 e. The van der Waals surface area contributed by atoms with Gasteiger partial charge in [-0.05, 0) is 61.6 Å². The summed E-state index contributed by atoms with van der Waals surface area (Å²) in [6.07, 6.45) is 2.05. The van der Waals surface area contributed by atoms with Crippen LogP contribution in [0.25, 0.3) is 10.9 Å². The van der Waals surface area contributed by atoms with Crippen molar-refractivity contribution in [1.82, 2.24) is 36.1 Å². The van der Waals surface area contributed by atoms with E-state index in [0.717, 1.165) is 21.4 Å². The number of nitrogens with zero attached hydrogens (tertiary/aromatic N) is 2. The molecule has 55 heavy (non-hydrogen) atoms. The molecule has 0 spiro atoms. The number of hydrogen-bond acceptors (Lipinski definition) is 8. The van der Waals surface area contributed by atoms with Crippen molar-refractivity contribution in [3.8, 4) is 0 Å². The average molecular weight is 768 g/mol. The van der Waals surface area contributed by atoms with Gasteiger partial charge in [-0.2, -0.15) is 0 Å². The molecular formula is C39H61N9O7. The number of carbonyl (C=O) groups excluding carboxylic acids is 7. The number of aromatic nitrogens is 1. The SMILES string of the molecule is CC(C)CC1C(=O)N[C@H](CC(C)C)C(=O)N[C@@H](C(C)C)C(=O)N(C)C(CC(N)=O)C(=O)N[C@H](CCCN)C(=O)N[C@@H](Cc2c[nH]c3ccccc23)C(=O)N1C. The number of H-pyrrole nitrogens is 1. The number of fused-ring (bicyclic) bond motifs is 1. The minimum Gasteiger partial charge on any atom is -0.370 e. The van der Waals surface area contributed by atoms with Crippen molar-refractivity contribution in [2.45, 2.75) is 116 Å². The lowest BCUT2D eigenvalue weighted by Crippen LogP contribution is -2.63. The topological polar surface area (TPSA) is 242 Å². The summed E-state index contributed by atoms with van der Waals surface area (Å²) >= 11 is 0. The van der Waals surface area contributed by atoms with Crippen molar-refractivity contribution in [2.75, 3.05) is 20.6 Å². The molecule has 304 valence electrons. The Morgan fingerprint density at radius 1 is 0.727 bits per heavy atom. The first kappa shape index (κ1) is 44.4. The van der Waals surface area contributed by atoms with E-state index in [1.165, 1.54) is 19.0 Å². The van der Waals surface area contributed by atoms with E-state index >= 15 is 0 Å². The molecule has 1 aliphatic rings. The fourth-order valence-corrected chi connectivity index (χ4v) is 6.85. The summed E-state index contributed by atoms with van der Waals surface area (Å²) in [5.41, 5.74) is 12.9. The number of benzene rings is 1. The molecule has 0 saturated carbocycles. The third kappa shape index (κ3) is 12.0. The Kier molecular flexibility index (Phi) is 16.2. The van der Waals surface area contributed by atoms with Crippen molar-refractivity contribution in [2.24, 2.45) is 29.2 Å². The molecule has 0 bridgehead atoms. The molecule has 16 nitrogen and oxygen atoms in total. The molecule has 16 heteroatoms. The summed E-state index contributed by atoms with van der Waals surface area (Å²) < 4.78 is 0. The van der Waals surface area contributed by atoms with E-state index in [1.54, 1.807) is 20.0 Å². The maximum Gasteiger partial charge on any atom is 0.245 e. The minimum absolute atomic E-state index is 0.0308. The first-order valence-electron chi connectivity index (χ1n) is 19.1. The molecule has 0 aliphatic carbocycles. The molecule has 1 fully saturated rings. The van der Waals surface area contributed by atoms with E-state index in [1.807, 2.05) is 52.0 Å². The predicted molar refractivity (Wildman–Crippen MR) is 209 cm³/mol. The first-order chi connectivity index (χ1) is 25.9. The number of hydrogen-bond donors (Lipinski definition) is 7. The lowest BCUT2D eigenvalue weighted by molar-refractivity contribution is -0.146. The zero-order chi connectivity index (χ0) is 41.1. The van der Waals surface area contributed by atoms with Crippen LogP contribution < -0.4 is 32.7 Å². The highest BCUT2D eigenvalue weighted by molar-refractivity contribution is 5.99. The highest BCUT2D eigenvalue weighted by atomic mass is 16.2. The highest BCUT2D eigenvalue weighted by Gasteiger charge is 2.40. The largest absolute Gasteiger partial charge is 0.370 e. The zero-order valence-electron chi connectivity index (χ0n) is 33.4. The third-order valence-corrected chi connectivity index (χ3v) is 9.94. The average Bonchev–Trinajstić information content (AvgIpc) is 3.53. The van der Waals surface area contributed by atoms with Gasteiger partial charge in [0.25, 0.3) is 0 Å². The second-order valence-corrected chi connectivity index (χ2v) is 15.8. The number of primary amides is 1. The molecule has 1 aliphatic heterocycles. The molecular weight excluding hydrogens is 706 g/mol. The Balaban J connectivity index is 2.22. The van der Waals surface area contributed by atoms with Crippen LogP contribution in [0, 0.1) is 17.8 Å². The molecule has 3 rings (SSSR count). The maximum atomic E-state index is 14.6. The number of carbonyl (C=O) groups is 7. The Morgan fingerprint density at radius 2 is 1.29 bits per heavy atom. The van der Waals surface area contributed by atoms with Gasteiger partial charge >= 0.3 is 0 Å². The second kappa shape index (κ2) is 20.1. The fourth-order valence-electron chi connectivity index (χ4n) is 6.85. The van der Waals surface area contributed by atoms with E-state index < -0.39 is 89.9 Å². The van der Waals surface area contributed by atoms with Gasteiger partial charge in [-0.25, -0.2) is 0 Å². The number of nitrogens with two attached hydrogens (primary N) is 2. The normalized spacial score (nSPS) is 24.1. The number of aromatic amines is 1. The Morgan fingerprint density at radius 3 is 1.89 bits per heavy atom. The second-order valence-electron chi connectivity index (χ2n) is 15.8. The molecule has 1 aromatic carbocycles. The standard InChI is InChI=1S/C39H61N9O7/c1-21(2)16-28-35(51)46-33(23(5)6)39(55)48(8)31(19-32(41)49)37(53)43-27(14-11-15-40)34(50)45-29(18-24-20-42-26-13-10-9-12-25(24)26)38(54)47(7)30(17-22(3)4)36(52)44-28/h9-10,12-13,20-23,27-31,33,42H,11,14-19,40H2,1-8H3,(H2,41,49)(H,43,53)(H,44,52)(H,45,50)(H,46,51)/t27-,28-,29+,30?,31?,33+/m1/s1. The van der Waals surface area contributed by atoms with Gasteiger partial charge in [-0.3, -0.25) is 33.6 Å². The Bertz CT molecular complexity index is 1690. The van der Waals surface area contributed by atoms with Crippen LogP contribution in [0.1, 0.15) is 79.2 Å². The summed E-state index contributed by atoms with van der Waals surface area (Å²) in [6, 6.07) is 0.321. The van der Waals surface area contributed by atoms with Gasteiger partial charge in [0.05, 0.1) is 6.42 Å². The van der Waals surface area contributed by atoms with E-state index in [2.05, 4.69) is 26.3 Å². The maximum absolute atomic E-state index is 14.6. The highest BCUT2D eigenvalue weighted by Crippen LogP contribution is 2.22. The molecule has 2 unspecified atom stereocenters. The van der Waals surface area contributed by atoms with Gasteiger partial charge in [0.2, 0.25) is 41.4 Å². The van der Waals surface area contributed by atoms with Crippen molar-refractivity contribution >= 4 is 52.3 Å². The van der Waals surface area contributed by atoms with Crippen LogP contribution in [-0.4, -0.2) is 113 Å². The number of rotatable bonds is 12. The number of likely N-dealkylation sites (N-methyl/N-ethyl adjacent to an activating group) is 2. The molecule has 1 saturated heterocycles. The van der Waals surface area contributed by atoms with Gasteiger partial charge < -0.3 is 47.5 Å². The lowest BCUT2D eigenvalue weighted by Gasteiger charge is -2.35. The van der Waals surface area contributed by atoms with Crippen LogP contribution in [0.4, 0.5) is 0 Å². The van der Waals surface area contributed by atoms with Crippen molar-refractivity contribution in [3.05, 3.63) is 36.0 Å². The Hall–Kier alpha value is -4.99. The molecule has 1 aromatic heterocycles. The summed E-state index contributed by atoms with van der Waals surface area (Å²) in [5.74, 6) is -5.42. The molecule has 2 aromatic rings. The van der Waals surface area contributed by atoms with Crippen LogP contribution in [0.3, 0.4) is 0 Å².